The van der Waals surface area contributed by atoms with Gasteiger partial charge >= 0.3 is 6.18 Å². The van der Waals surface area contributed by atoms with Crippen molar-refractivity contribution in [2.24, 2.45) is 0 Å². The van der Waals surface area contributed by atoms with Gasteiger partial charge in [0, 0.05) is 6.20 Å². The van der Waals surface area contributed by atoms with Crippen molar-refractivity contribution in [3.63, 3.8) is 0 Å². The monoisotopic (exact) mass is 247 g/mol. The normalized spacial score (nSPS) is 12.2. The topological polar surface area (TPSA) is 32.9 Å². The van der Waals surface area contributed by atoms with Crippen molar-refractivity contribution in [1.82, 2.24) is 4.98 Å². The summed E-state index contributed by atoms with van der Waals surface area (Å²) in [5.41, 5.74) is -4.13. The Bertz CT molecular complexity index is 424. The summed E-state index contributed by atoms with van der Waals surface area (Å²) in [6.45, 7) is 0. The maximum atomic E-state index is 12.1. The third-order valence-electron chi connectivity index (χ3n) is 1.57. The number of H-pyrrole nitrogens is 1. The van der Waals surface area contributed by atoms with Crippen LogP contribution in [0.5, 0.6) is 0 Å². The molecule has 0 aromatic carbocycles. The van der Waals surface area contributed by atoms with Gasteiger partial charge in [-0.15, -0.1) is 0 Å². The van der Waals surface area contributed by atoms with E-state index in [0.29, 0.717) is 6.20 Å². The fourth-order valence-corrected chi connectivity index (χ4v) is 1.16. The van der Waals surface area contributed by atoms with Gasteiger partial charge in [-0.3, -0.25) is 4.79 Å². The molecule has 84 valence electrons. The Morgan fingerprint density at radius 3 is 2.27 bits per heavy atom. The highest BCUT2D eigenvalue weighted by Gasteiger charge is 2.36. The lowest BCUT2D eigenvalue weighted by Gasteiger charge is -2.09. The molecule has 1 aromatic rings. The average Bonchev–Trinajstić information content (AvgIpc) is 2.06. The lowest BCUT2D eigenvalue weighted by molar-refractivity contribution is -0.141. The molecule has 0 bridgehead atoms. The molecule has 1 heterocycles. The van der Waals surface area contributed by atoms with Crippen molar-refractivity contribution >= 4 is 11.6 Å². The molecule has 1 rings (SSSR count). The van der Waals surface area contributed by atoms with Gasteiger partial charge in [-0.1, -0.05) is 11.6 Å². The van der Waals surface area contributed by atoms with Gasteiger partial charge in [-0.05, 0) is 0 Å². The maximum Gasteiger partial charge on any atom is 0.432 e. The van der Waals surface area contributed by atoms with E-state index >= 15 is 0 Å². The molecule has 0 atom stereocenters. The predicted octanol–water partition coefficient (Wildman–Crippen LogP) is 2.98. The highest BCUT2D eigenvalue weighted by Crippen LogP contribution is 2.32. The minimum absolute atomic E-state index is 0.307. The van der Waals surface area contributed by atoms with Gasteiger partial charge < -0.3 is 4.98 Å². The van der Waals surface area contributed by atoms with Crippen LogP contribution in [0.4, 0.5) is 22.0 Å². The highest BCUT2D eigenvalue weighted by molar-refractivity contribution is 6.31. The van der Waals surface area contributed by atoms with Crippen LogP contribution >= 0.6 is 11.6 Å². The predicted molar refractivity (Wildman–Crippen MR) is 42.0 cm³/mol. The van der Waals surface area contributed by atoms with Crippen LogP contribution in [0, 0.1) is 0 Å². The van der Waals surface area contributed by atoms with Gasteiger partial charge in [-0.25, -0.2) is 8.78 Å². The molecule has 0 radical (unpaired) electrons. The molecule has 0 aliphatic heterocycles. The third-order valence-corrected chi connectivity index (χ3v) is 1.93. The first-order chi connectivity index (χ1) is 6.75. The fraction of sp³-hybridized carbons (Fsp3) is 0.286. The molecule has 0 aliphatic rings. The number of pyridine rings is 1. The van der Waals surface area contributed by atoms with Crippen molar-refractivity contribution in [1.29, 1.82) is 0 Å². The van der Waals surface area contributed by atoms with Crippen LogP contribution in [0.2, 0.25) is 5.02 Å². The number of hydrogen-bond acceptors (Lipinski definition) is 1. The molecule has 2 nitrogen and oxygen atoms in total. The van der Waals surface area contributed by atoms with Crippen molar-refractivity contribution in [3.05, 3.63) is 32.7 Å². The fourth-order valence-electron chi connectivity index (χ4n) is 0.887. The van der Waals surface area contributed by atoms with Crippen LogP contribution < -0.4 is 5.43 Å². The standard InChI is InChI=1S/C7H3ClF5NO/c8-3-4(15)2(6(9)10)1-14-5(3)7(11,12)13/h1,6H,(H,14,15). The Hall–Kier alpha value is -1.11. The Morgan fingerprint density at radius 2 is 1.87 bits per heavy atom. The van der Waals surface area contributed by atoms with E-state index in [1.165, 1.54) is 4.98 Å². The van der Waals surface area contributed by atoms with Gasteiger partial charge in [0.05, 0.1) is 5.56 Å². The average molecular weight is 248 g/mol. The van der Waals surface area contributed by atoms with Crippen LogP contribution in [0.3, 0.4) is 0 Å². The van der Waals surface area contributed by atoms with E-state index in [0.717, 1.165) is 0 Å². The molecule has 0 saturated carbocycles. The molecule has 8 heteroatoms. The van der Waals surface area contributed by atoms with E-state index in [1.807, 2.05) is 0 Å². The minimum atomic E-state index is -4.88. The van der Waals surface area contributed by atoms with Gasteiger partial charge in [0.25, 0.3) is 6.43 Å². The minimum Gasteiger partial charge on any atom is -0.356 e. The molecule has 0 aliphatic carbocycles. The number of alkyl halides is 5. The summed E-state index contributed by atoms with van der Waals surface area (Å²) in [4.78, 5) is 12.5. The van der Waals surface area contributed by atoms with Crippen molar-refractivity contribution < 1.29 is 22.0 Å². The molecule has 1 N–H and O–H groups in total. The van der Waals surface area contributed by atoms with Gasteiger partial charge in [-0.2, -0.15) is 13.2 Å². The quantitative estimate of drug-likeness (QED) is 0.761. The zero-order chi connectivity index (χ0) is 11.8. The number of nitrogens with one attached hydrogen (secondary N) is 1. The molecule has 1 aromatic heterocycles. The molecule has 0 saturated heterocycles. The largest absolute Gasteiger partial charge is 0.432 e. The second-order valence-electron chi connectivity index (χ2n) is 2.56. The van der Waals surface area contributed by atoms with Crippen molar-refractivity contribution in [2.75, 3.05) is 0 Å². The molecular weight excluding hydrogens is 245 g/mol. The van der Waals surface area contributed by atoms with Crippen LogP contribution in [-0.2, 0) is 6.18 Å². The summed E-state index contributed by atoms with van der Waals surface area (Å²) >= 11 is 5.03. The zero-order valence-corrected chi connectivity index (χ0v) is 7.59. The van der Waals surface area contributed by atoms with E-state index in [2.05, 4.69) is 0 Å². The number of aromatic nitrogens is 1. The van der Waals surface area contributed by atoms with E-state index in [-0.39, 0.29) is 0 Å². The number of aromatic amines is 1. The van der Waals surface area contributed by atoms with Crippen LogP contribution in [-0.4, -0.2) is 4.98 Å². The maximum absolute atomic E-state index is 12.1. The molecule has 15 heavy (non-hydrogen) atoms. The first-order valence-electron chi connectivity index (χ1n) is 3.51. The van der Waals surface area contributed by atoms with Gasteiger partial charge in [0.1, 0.15) is 10.7 Å². The Balaban J connectivity index is 3.42. The summed E-state index contributed by atoms with van der Waals surface area (Å²) in [5.74, 6) is 0. The summed E-state index contributed by atoms with van der Waals surface area (Å²) in [7, 11) is 0. The van der Waals surface area contributed by atoms with Crippen LogP contribution in [0.25, 0.3) is 0 Å². The summed E-state index contributed by atoms with van der Waals surface area (Å²) in [6.07, 6.45) is -7.74. The van der Waals surface area contributed by atoms with Crippen LogP contribution in [0.1, 0.15) is 17.7 Å². The molecule has 0 spiro atoms. The summed E-state index contributed by atoms with van der Waals surface area (Å²) in [5, 5.41) is -1.28. The number of rotatable bonds is 1. The third kappa shape index (κ3) is 2.28. The first-order valence-corrected chi connectivity index (χ1v) is 3.89. The highest BCUT2D eigenvalue weighted by atomic mass is 35.5. The van der Waals surface area contributed by atoms with E-state index < -0.39 is 34.3 Å². The van der Waals surface area contributed by atoms with Crippen molar-refractivity contribution in [3.8, 4) is 0 Å². The van der Waals surface area contributed by atoms with Gasteiger partial charge in [0.15, 0.2) is 0 Å². The smallest absolute Gasteiger partial charge is 0.356 e. The number of hydrogen-bond donors (Lipinski definition) is 1. The number of halogens is 6. The lowest BCUT2D eigenvalue weighted by atomic mass is 10.2. The second kappa shape index (κ2) is 3.80. The Kier molecular flexibility index (Phi) is 3.03. The molecule has 0 unspecified atom stereocenters. The van der Waals surface area contributed by atoms with E-state index in [4.69, 9.17) is 11.6 Å². The molecule has 0 fully saturated rings. The Labute approximate surface area is 84.7 Å². The molecular formula is C7H3ClF5NO. The summed E-state index contributed by atoms with van der Waals surface area (Å²) < 4.78 is 60.5. The molecule has 0 amide bonds. The summed E-state index contributed by atoms with van der Waals surface area (Å²) in [6, 6.07) is 0. The van der Waals surface area contributed by atoms with E-state index in [1.54, 1.807) is 0 Å². The Morgan fingerprint density at radius 1 is 1.33 bits per heavy atom. The van der Waals surface area contributed by atoms with Gasteiger partial charge in [0.2, 0.25) is 5.43 Å². The second-order valence-corrected chi connectivity index (χ2v) is 2.94. The lowest BCUT2D eigenvalue weighted by Crippen LogP contribution is -2.18. The van der Waals surface area contributed by atoms with E-state index in [9.17, 15) is 26.7 Å². The van der Waals surface area contributed by atoms with Crippen molar-refractivity contribution in [2.45, 2.75) is 12.6 Å². The SMILES string of the molecule is O=c1c(C(F)F)c[nH]c(C(F)(F)F)c1Cl. The van der Waals surface area contributed by atoms with Crippen LogP contribution in [0.15, 0.2) is 11.0 Å². The zero-order valence-electron chi connectivity index (χ0n) is 6.83. The first kappa shape index (κ1) is 12.0.